The first kappa shape index (κ1) is 20.2. The molecule has 164 valence electrons. The van der Waals surface area contributed by atoms with Gasteiger partial charge in [0.05, 0.1) is 24.3 Å². The molecule has 5 rings (SSSR count). The minimum absolute atomic E-state index is 0.0692. The monoisotopic (exact) mass is 433 g/mol. The number of alkyl halides is 3. The third-order valence-corrected chi connectivity index (χ3v) is 5.64. The minimum Gasteiger partial charge on any atom is -0.402 e. The summed E-state index contributed by atoms with van der Waals surface area (Å²) in [5.41, 5.74) is 0.807. The first-order chi connectivity index (χ1) is 14.9. The Morgan fingerprint density at radius 1 is 1.19 bits per heavy atom. The number of fused-ring (bicyclic) bond motifs is 1. The van der Waals surface area contributed by atoms with Crippen LogP contribution in [0.4, 0.5) is 19.2 Å². The number of nitrogens with zero attached hydrogens (tertiary/aromatic N) is 3. The van der Waals surface area contributed by atoms with Gasteiger partial charge < -0.3 is 19.8 Å². The fraction of sp³-hybridized carbons (Fsp3) is 0.476. The summed E-state index contributed by atoms with van der Waals surface area (Å²) in [6.45, 7) is 4.31. The molecule has 3 aromatic rings. The summed E-state index contributed by atoms with van der Waals surface area (Å²) in [4.78, 5) is 4.28. The lowest BCUT2D eigenvalue weighted by atomic mass is 9.98. The van der Waals surface area contributed by atoms with Crippen molar-refractivity contribution in [3.8, 4) is 11.6 Å². The first-order valence-electron chi connectivity index (χ1n) is 10.3. The second kappa shape index (κ2) is 7.76. The Kier molecular flexibility index (Phi) is 5.05. The molecule has 2 N–H and O–H groups in total. The molecule has 0 spiro atoms. The van der Waals surface area contributed by atoms with E-state index in [1.807, 2.05) is 6.07 Å². The van der Waals surface area contributed by atoms with Crippen LogP contribution in [0, 0.1) is 6.92 Å². The number of nitrogens with one attached hydrogen (secondary N) is 2. The van der Waals surface area contributed by atoms with E-state index in [1.165, 1.54) is 6.07 Å². The van der Waals surface area contributed by atoms with E-state index in [4.69, 9.17) is 9.15 Å². The first-order valence-corrected chi connectivity index (χ1v) is 10.3. The lowest BCUT2D eigenvalue weighted by molar-refractivity contribution is -0.136. The van der Waals surface area contributed by atoms with Crippen molar-refractivity contribution < 1.29 is 22.3 Å². The molecular formula is C21H22F3N5O2. The zero-order valence-corrected chi connectivity index (χ0v) is 16.9. The summed E-state index contributed by atoms with van der Waals surface area (Å²) in [6.07, 6.45) is -2.65. The van der Waals surface area contributed by atoms with E-state index in [0.29, 0.717) is 30.7 Å². The van der Waals surface area contributed by atoms with Crippen LogP contribution in [0.15, 0.2) is 22.6 Å². The molecule has 1 saturated carbocycles. The molecule has 1 aliphatic heterocycles. The van der Waals surface area contributed by atoms with E-state index in [2.05, 4.69) is 25.8 Å². The fourth-order valence-corrected chi connectivity index (χ4v) is 3.85. The molecule has 1 saturated heterocycles. The zero-order valence-electron chi connectivity index (χ0n) is 16.9. The molecule has 0 amide bonds. The van der Waals surface area contributed by atoms with Crippen LogP contribution in [0.1, 0.15) is 35.4 Å². The van der Waals surface area contributed by atoms with Crippen molar-refractivity contribution in [3.05, 3.63) is 34.9 Å². The lowest BCUT2D eigenvalue weighted by Crippen LogP contribution is -2.45. The maximum absolute atomic E-state index is 13.8. The molecule has 10 heteroatoms. The normalized spacial score (nSPS) is 19.7. The van der Waals surface area contributed by atoms with Gasteiger partial charge in [0.25, 0.3) is 5.89 Å². The highest BCUT2D eigenvalue weighted by atomic mass is 19.4. The van der Waals surface area contributed by atoms with Crippen molar-refractivity contribution >= 4 is 16.9 Å². The van der Waals surface area contributed by atoms with Gasteiger partial charge in [-0.25, -0.2) is 4.98 Å². The standard InChI is InChI=1S/C21H22F3N5O2/c1-11-6-17(19-28-29-20(31-19)26-9-14-10-30-5-4-25-14)27-18-15(11)7-13(12-2-3-12)8-16(18)21(22,23)24/h6-8,12,14,25H,2-5,9-10H2,1H3,(H,26,29). The van der Waals surface area contributed by atoms with E-state index >= 15 is 0 Å². The van der Waals surface area contributed by atoms with E-state index in [0.717, 1.165) is 24.9 Å². The van der Waals surface area contributed by atoms with Gasteiger partial charge in [0.2, 0.25) is 0 Å². The van der Waals surface area contributed by atoms with Crippen molar-refractivity contribution in [2.45, 2.75) is 37.9 Å². The van der Waals surface area contributed by atoms with Crippen LogP contribution < -0.4 is 10.6 Å². The van der Waals surface area contributed by atoms with Crippen molar-refractivity contribution in [2.75, 3.05) is 31.6 Å². The second-order valence-corrected chi connectivity index (χ2v) is 8.08. The summed E-state index contributed by atoms with van der Waals surface area (Å²) >= 11 is 0. The third-order valence-electron chi connectivity index (χ3n) is 5.64. The van der Waals surface area contributed by atoms with E-state index in [9.17, 15) is 13.2 Å². The van der Waals surface area contributed by atoms with Gasteiger partial charge in [-0.3, -0.25) is 0 Å². The van der Waals surface area contributed by atoms with Gasteiger partial charge in [0.15, 0.2) is 0 Å². The van der Waals surface area contributed by atoms with Crippen LogP contribution in [-0.4, -0.2) is 47.5 Å². The van der Waals surface area contributed by atoms with Gasteiger partial charge in [-0.15, -0.1) is 5.10 Å². The molecule has 1 aromatic carbocycles. The molecule has 2 aliphatic rings. The predicted molar refractivity (Wildman–Crippen MR) is 108 cm³/mol. The molecule has 0 bridgehead atoms. The number of morpholine rings is 1. The summed E-state index contributed by atoms with van der Waals surface area (Å²) in [5, 5.41) is 14.7. The number of benzene rings is 1. The highest BCUT2D eigenvalue weighted by Gasteiger charge is 2.36. The Morgan fingerprint density at radius 3 is 2.74 bits per heavy atom. The van der Waals surface area contributed by atoms with Gasteiger partial charge in [-0.1, -0.05) is 5.10 Å². The number of hydrogen-bond acceptors (Lipinski definition) is 7. The molecule has 1 unspecified atom stereocenters. The number of rotatable bonds is 5. The number of pyridine rings is 1. The quantitative estimate of drug-likeness (QED) is 0.631. The highest BCUT2D eigenvalue weighted by molar-refractivity contribution is 5.88. The van der Waals surface area contributed by atoms with Crippen molar-refractivity contribution in [1.29, 1.82) is 0 Å². The number of hydrogen-bond donors (Lipinski definition) is 2. The molecule has 1 aliphatic carbocycles. The van der Waals surface area contributed by atoms with Gasteiger partial charge >= 0.3 is 12.2 Å². The Hall–Kier alpha value is -2.72. The van der Waals surface area contributed by atoms with Crippen molar-refractivity contribution in [3.63, 3.8) is 0 Å². The average molecular weight is 433 g/mol. The number of halogens is 3. The van der Waals surface area contributed by atoms with Crippen molar-refractivity contribution in [2.24, 2.45) is 0 Å². The molecular weight excluding hydrogens is 411 g/mol. The molecule has 1 atom stereocenters. The largest absolute Gasteiger partial charge is 0.418 e. The molecule has 2 fully saturated rings. The minimum atomic E-state index is -4.50. The van der Waals surface area contributed by atoms with Crippen LogP contribution >= 0.6 is 0 Å². The molecule has 2 aromatic heterocycles. The van der Waals surface area contributed by atoms with Gasteiger partial charge in [0, 0.05) is 24.5 Å². The summed E-state index contributed by atoms with van der Waals surface area (Å²) in [6, 6.07) is 5.04. The maximum atomic E-state index is 13.8. The second-order valence-electron chi connectivity index (χ2n) is 8.08. The predicted octanol–water partition coefficient (Wildman–Crippen LogP) is 3.89. The molecule has 31 heavy (non-hydrogen) atoms. The zero-order chi connectivity index (χ0) is 21.6. The Labute approximate surface area is 176 Å². The molecule has 3 heterocycles. The van der Waals surface area contributed by atoms with Crippen LogP contribution in [0.3, 0.4) is 0 Å². The van der Waals surface area contributed by atoms with Crippen LogP contribution in [0.5, 0.6) is 0 Å². The number of anilines is 1. The Morgan fingerprint density at radius 2 is 2.03 bits per heavy atom. The lowest BCUT2D eigenvalue weighted by Gasteiger charge is -2.23. The summed E-state index contributed by atoms with van der Waals surface area (Å²) in [5.74, 6) is 0.276. The number of ether oxygens (including phenoxy) is 1. The average Bonchev–Trinajstić information content (AvgIpc) is 3.49. The van der Waals surface area contributed by atoms with Gasteiger partial charge in [-0.2, -0.15) is 13.2 Å². The van der Waals surface area contributed by atoms with Crippen LogP contribution in [-0.2, 0) is 10.9 Å². The fourth-order valence-electron chi connectivity index (χ4n) is 3.85. The topological polar surface area (TPSA) is 85.1 Å². The maximum Gasteiger partial charge on any atom is 0.418 e. The van der Waals surface area contributed by atoms with E-state index < -0.39 is 11.7 Å². The van der Waals surface area contributed by atoms with Gasteiger partial charge in [0.1, 0.15) is 5.69 Å². The van der Waals surface area contributed by atoms with Crippen LogP contribution in [0.2, 0.25) is 0 Å². The Balaban J connectivity index is 1.46. The third kappa shape index (κ3) is 4.22. The van der Waals surface area contributed by atoms with E-state index in [1.54, 1.807) is 13.0 Å². The van der Waals surface area contributed by atoms with Gasteiger partial charge in [-0.05, 0) is 55.0 Å². The smallest absolute Gasteiger partial charge is 0.402 e. The van der Waals surface area contributed by atoms with Crippen LogP contribution in [0.25, 0.3) is 22.5 Å². The number of aryl methyl sites for hydroxylation is 1. The summed E-state index contributed by atoms with van der Waals surface area (Å²) in [7, 11) is 0. The van der Waals surface area contributed by atoms with Crippen molar-refractivity contribution in [1.82, 2.24) is 20.5 Å². The van der Waals surface area contributed by atoms with E-state index in [-0.39, 0.29) is 35.1 Å². The SMILES string of the molecule is Cc1cc(-c2nnc(NCC3COCCN3)o2)nc2c(C(F)(F)F)cc(C3CC3)cc12. The molecule has 0 radical (unpaired) electrons. The molecule has 7 nitrogen and oxygen atoms in total. The Bertz CT molecular complexity index is 1100. The summed E-state index contributed by atoms with van der Waals surface area (Å²) < 4.78 is 52.4. The number of aromatic nitrogens is 3. The highest BCUT2D eigenvalue weighted by Crippen LogP contribution is 2.45.